The van der Waals surface area contributed by atoms with E-state index in [0.717, 1.165) is 29.6 Å². The number of likely N-dealkylation sites (tertiary alicyclic amines) is 1. The molecular weight excluding hydrogens is 288 g/mol. The molecule has 1 fully saturated rings. The first-order chi connectivity index (χ1) is 10.1. The molecule has 1 aromatic heterocycles. The van der Waals surface area contributed by atoms with Crippen LogP contribution in [0.4, 0.5) is 5.82 Å². The fourth-order valence-electron chi connectivity index (χ4n) is 2.97. The number of halogens is 1. The fourth-order valence-corrected chi connectivity index (χ4v) is 3.21. The highest BCUT2D eigenvalue weighted by Gasteiger charge is 2.19. The lowest BCUT2D eigenvalue weighted by Gasteiger charge is -2.13. The van der Waals surface area contributed by atoms with Crippen LogP contribution in [0.15, 0.2) is 12.1 Å². The van der Waals surface area contributed by atoms with Gasteiger partial charge in [-0.2, -0.15) is 5.10 Å². The number of hydrogen-bond donors (Lipinski definition) is 1. The Hall–Kier alpha value is -1.59. The zero-order valence-electron chi connectivity index (χ0n) is 12.3. The summed E-state index contributed by atoms with van der Waals surface area (Å²) in [7, 11) is 1.86. The van der Waals surface area contributed by atoms with Crippen LogP contribution in [0.3, 0.4) is 0 Å². The molecule has 0 aliphatic carbocycles. The molecule has 1 saturated heterocycles. The summed E-state index contributed by atoms with van der Waals surface area (Å²) in [5.74, 6) is 0.514. The monoisotopic (exact) mass is 306 g/mol. The van der Waals surface area contributed by atoms with E-state index in [0.29, 0.717) is 17.4 Å². The first kappa shape index (κ1) is 14.4. The molecular formula is C15H19ClN4O. The molecule has 0 bridgehead atoms. The Bertz CT molecular complexity index is 689. The van der Waals surface area contributed by atoms with E-state index < -0.39 is 0 Å². The van der Waals surface area contributed by atoms with E-state index in [4.69, 9.17) is 11.6 Å². The second-order valence-electron chi connectivity index (χ2n) is 5.59. The summed E-state index contributed by atoms with van der Waals surface area (Å²) in [4.78, 5) is 14.3. The van der Waals surface area contributed by atoms with Gasteiger partial charge in [-0.15, -0.1) is 0 Å². The molecule has 1 amide bonds. The summed E-state index contributed by atoms with van der Waals surface area (Å²) >= 11 is 6.29. The highest BCUT2D eigenvalue weighted by Crippen LogP contribution is 2.31. The number of hydrogen-bond acceptors (Lipinski definition) is 3. The van der Waals surface area contributed by atoms with Crippen molar-refractivity contribution in [2.24, 2.45) is 7.05 Å². The van der Waals surface area contributed by atoms with Gasteiger partial charge in [0.25, 0.3) is 0 Å². The molecule has 0 saturated carbocycles. The lowest BCUT2D eigenvalue weighted by Crippen LogP contribution is -2.31. The third-order valence-electron chi connectivity index (χ3n) is 3.96. The maximum atomic E-state index is 12.2. The molecule has 5 nitrogen and oxygen atoms in total. The van der Waals surface area contributed by atoms with Gasteiger partial charge in [0.05, 0.1) is 22.5 Å². The lowest BCUT2D eigenvalue weighted by atomic mass is 10.1. The molecule has 2 aromatic rings. The largest absolute Gasteiger partial charge is 0.308 e. The van der Waals surface area contributed by atoms with Crippen molar-refractivity contribution in [2.75, 3.05) is 25.0 Å². The molecule has 3 rings (SSSR count). The van der Waals surface area contributed by atoms with Crippen molar-refractivity contribution in [1.82, 2.24) is 14.7 Å². The van der Waals surface area contributed by atoms with Crippen LogP contribution in [0, 0.1) is 6.92 Å². The summed E-state index contributed by atoms with van der Waals surface area (Å²) in [5, 5.41) is 8.74. The van der Waals surface area contributed by atoms with Crippen LogP contribution in [0.2, 0.25) is 5.02 Å². The molecule has 0 unspecified atom stereocenters. The maximum absolute atomic E-state index is 12.2. The zero-order chi connectivity index (χ0) is 15.0. The van der Waals surface area contributed by atoms with Gasteiger partial charge in [0.2, 0.25) is 5.91 Å². The number of nitrogens with zero attached hydrogens (tertiary/aromatic N) is 3. The quantitative estimate of drug-likeness (QED) is 0.948. The molecule has 1 aliphatic heterocycles. The summed E-state index contributed by atoms with van der Waals surface area (Å²) in [6, 6.07) is 3.80. The minimum Gasteiger partial charge on any atom is -0.308 e. The highest BCUT2D eigenvalue weighted by atomic mass is 35.5. The van der Waals surface area contributed by atoms with Gasteiger partial charge in [0.15, 0.2) is 5.82 Å². The molecule has 21 heavy (non-hydrogen) atoms. The van der Waals surface area contributed by atoms with Gasteiger partial charge in [-0.3, -0.25) is 14.4 Å². The maximum Gasteiger partial charge on any atom is 0.239 e. The molecule has 6 heteroatoms. The Morgan fingerprint density at radius 2 is 2.10 bits per heavy atom. The van der Waals surface area contributed by atoms with Gasteiger partial charge >= 0.3 is 0 Å². The van der Waals surface area contributed by atoms with Crippen LogP contribution in [-0.2, 0) is 11.8 Å². The van der Waals surface area contributed by atoms with E-state index in [1.165, 1.54) is 12.8 Å². The molecule has 1 aliphatic rings. The standard InChI is InChI=1S/C15H19ClN4O/c1-10-5-6-11(16)13-14(10)19(2)18-15(13)17-12(21)9-20-7-3-4-8-20/h5-6H,3-4,7-9H2,1-2H3,(H,17,18,21). The third kappa shape index (κ3) is 2.76. The number of fused-ring (bicyclic) bond motifs is 1. The van der Waals surface area contributed by atoms with Gasteiger partial charge in [-0.25, -0.2) is 0 Å². The van der Waals surface area contributed by atoms with Crippen molar-refractivity contribution in [2.45, 2.75) is 19.8 Å². The van der Waals surface area contributed by atoms with E-state index in [9.17, 15) is 4.79 Å². The summed E-state index contributed by atoms with van der Waals surface area (Å²) < 4.78 is 1.77. The number of aryl methyl sites for hydroxylation is 2. The number of rotatable bonds is 3. The number of anilines is 1. The molecule has 2 heterocycles. The van der Waals surface area contributed by atoms with Crippen molar-refractivity contribution >= 4 is 34.2 Å². The van der Waals surface area contributed by atoms with E-state index in [1.807, 2.05) is 26.1 Å². The molecule has 1 aromatic carbocycles. The molecule has 1 N–H and O–H groups in total. The number of benzene rings is 1. The predicted molar refractivity (Wildman–Crippen MR) is 84.8 cm³/mol. The van der Waals surface area contributed by atoms with Crippen LogP contribution in [0.25, 0.3) is 10.9 Å². The van der Waals surface area contributed by atoms with E-state index in [-0.39, 0.29) is 5.91 Å². The Balaban J connectivity index is 1.87. The van der Waals surface area contributed by atoms with Gasteiger partial charge in [-0.05, 0) is 44.5 Å². The Morgan fingerprint density at radius 3 is 2.81 bits per heavy atom. The van der Waals surface area contributed by atoms with Crippen molar-refractivity contribution < 1.29 is 4.79 Å². The summed E-state index contributed by atoms with van der Waals surface area (Å²) in [6.07, 6.45) is 2.34. The number of carbonyl (C=O) groups is 1. The van der Waals surface area contributed by atoms with Crippen LogP contribution in [-0.4, -0.2) is 40.2 Å². The van der Waals surface area contributed by atoms with Gasteiger partial charge in [0.1, 0.15) is 0 Å². The van der Waals surface area contributed by atoms with E-state index >= 15 is 0 Å². The number of aromatic nitrogens is 2. The van der Waals surface area contributed by atoms with Gasteiger partial charge < -0.3 is 5.32 Å². The van der Waals surface area contributed by atoms with Crippen LogP contribution in [0.1, 0.15) is 18.4 Å². The highest BCUT2D eigenvalue weighted by molar-refractivity contribution is 6.36. The second-order valence-corrected chi connectivity index (χ2v) is 6.00. The number of amides is 1. The van der Waals surface area contributed by atoms with E-state index in [1.54, 1.807) is 4.68 Å². The number of carbonyl (C=O) groups excluding carboxylic acids is 1. The van der Waals surface area contributed by atoms with Crippen LogP contribution < -0.4 is 5.32 Å². The summed E-state index contributed by atoms with van der Waals surface area (Å²) in [6.45, 7) is 4.42. The molecule has 0 atom stereocenters. The minimum atomic E-state index is -0.0329. The molecule has 0 spiro atoms. The van der Waals surface area contributed by atoms with Crippen molar-refractivity contribution in [3.8, 4) is 0 Å². The van der Waals surface area contributed by atoms with Crippen molar-refractivity contribution in [3.63, 3.8) is 0 Å². The first-order valence-electron chi connectivity index (χ1n) is 7.20. The number of nitrogens with one attached hydrogen (secondary N) is 1. The second kappa shape index (κ2) is 5.66. The van der Waals surface area contributed by atoms with Gasteiger partial charge in [0, 0.05) is 7.05 Å². The van der Waals surface area contributed by atoms with Crippen molar-refractivity contribution in [3.05, 3.63) is 22.7 Å². The molecule has 112 valence electrons. The summed E-state index contributed by atoms with van der Waals surface area (Å²) in [5.41, 5.74) is 2.04. The zero-order valence-corrected chi connectivity index (χ0v) is 13.1. The average Bonchev–Trinajstić information content (AvgIpc) is 3.03. The fraction of sp³-hybridized carbons (Fsp3) is 0.467. The van der Waals surface area contributed by atoms with E-state index in [2.05, 4.69) is 15.3 Å². The Kier molecular flexibility index (Phi) is 3.87. The minimum absolute atomic E-state index is 0.0329. The lowest BCUT2D eigenvalue weighted by molar-refractivity contribution is -0.117. The topological polar surface area (TPSA) is 50.2 Å². The normalized spacial score (nSPS) is 15.8. The van der Waals surface area contributed by atoms with Crippen LogP contribution in [0.5, 0.6) is 0 Å². The molecule has 0 radical (unpaired) electrons. The first-order valence-corrected chi connectivity index (χ1v) is 7.58. The Morgan fingerprint density at radius 1 is 1.38 bits per heavy atom. The van der Waals surface area contributed by atoms with Crippen molar-refractivity contribution in [1.29, 1.82) is 0 Å². The average molecular weight is 307 g/mol. The smallest absolute Gasteiger partial charge is 0.239 e. The van der Waals surface area contributed by atoms with Gasteiger partial charge in [-0.1, -0.05) is 17.7 Å². The third-order valence-corrected chi connectivity index (χ3v) is 4.28. The Labute approximate surface area is 128 Å². The SMILES string of the molecule is Cc1ccc(Cl)c2c(NC(=O)CN3CCCC3)nn(C)c12. The predicted octanol–water partition coefficient (Wildman–Crippen LogP) is 2.57. The van der Waals surface area contributed by atoms with Crippen LogP contribution >= 0.6 is 11.6 Å².